The van der Waals surface area contributed by atoms with Gasteiger partial charge in [0.25, 0.3) is 0 Å². The summed E-state index contributed by atoms with van der Waals surface area (Å²) < 4.78 is 38.1. The Morgan fingerprint density at radius 2 is 1.88 bits per heavy atom. The molecule has 0 fully saturated rings. The van der Waals surface area contributed by atoms with E-state index < -0.39 is 10.0 Å². The lowest BCUT2D eigenvalue weighted by molar-refractivity contribution is 0.371. The Kier molecular flexibility index (Phi) is 5.66. The normalized spacial score (nSPS) is 11.9. The van der Waals surface area contributed by atoms with Gasteiger partial charge in [0, 0.05) is 6.07 Å². The Morgan fingerprint density at radius 1 is 1.21 bits per heavy atom. The van der Waals surface area contributed by atoms with Gasteiger partial charge in [0.2, 0.25) is 10.0 Å². The lowest BCUT2D eigenvalue weighted by Gasteiger charge is -2.12. The van der Waals surface area contributed by atoms with Crippen molar-refractivity contribution in [2.45, 2.75) is 45.6 Å². The van der Waals surface area contributed by atoms with Crippen molar-refractivity contribution in [3.63, 3.8) is 0 Å². The van der Waals surface area contributed by atoms with Crippen LogP contribution < -0.4 is 9.46 Å². The van der Waals surface area contributed by atoms with E-state index in [0.717, 1.165) is 23.2 Å². The van der Waals surface area contributed by atoms with E-state index in [4.69, 9.17) is 9.26 Å². The van der Waals surface area contributed by atoms with Crippen LogP contribution in [-0.2, 0) is 23.0 Å². The van der Waals surface area contributed by atoms with Crippen LogP contribution in [0.5, 0.6) is 5.75 Å². The lowest BCUT2D eigenvalue weighted by atomic mass is 10.1. The molecule has 0 atom stereocenters. The molecular weight excluding hydrogens is 328 g/mol. The number of hydrogen-bond donors (Lipinski definition) is 1. The first-order valence-electron chi connectivity index (χ1n) is 7.82. The molecular formula is C17H24N2O4S. The Hall–Kier alpha value is -1.86. The Morgan fingerprint density at radius 3 is 2.50 bits per heavy atom. The molecule has 6 nitrogen and oxygen atoms in total. The van der Waals surface area contributed by atoms with Crippen molar-refractivity contribution in [3.05, 3.63) is 40.8 Å². The maximum Gasteiger partial charge on any atom is 0.244 e. The number of aromatic nitrogens is 1. The number of rotatable bonds is 7. The summed E-state index contributed by atoms with van der Waals surface area (Å²) in [4.78, 5) is 0.120. The van der Waals surface area contributed by atoms with Crippen molar-refractivity contribution in [1.29, 1.82) is 0 Å². The first-order chi connectivity index (χ1) is 11.2. The van der Waals surface area contributed by atoms with Gasteiger partial charge < -0.3 is 9.26 Å². The summed E-state index contributed by atoms with van der Waals surface area (Å²) in [6, 6.07) is 5.11. The van der Waals surface area contributed by atoms with Crippen LogP contribution in [0.4, 0.5) is 0 Å². The van der Waals surface area contributed by atoms with Gasteiger partial charge in [-0.25, -0.2) is 13.1 Å². The average molecular weight is 352 g/mol. The summed E-state index contributed by atoms with van der Waals surface area (Å²) in [5.74, 6) is 1.26. The summed E-state index contributed by atoms with van der Waals surface area (Å²) in [6.45, 7) is 7.99. The summed E-state index contributed by atoms with van der Waals surface area (Å²) in [7, 11) is -2.26. The van der Waals surface area contributed by atoms with Gasteiger partial charge in [0.1, 0.15) is 10.6 Å². The minimum atomic E-state index is -3.72. The van der Waals surface area contributed by atoms with Gasteiger partial charge in [0.15, 0.2) is 5.76 Å². The number of ether oxygens (including phenoxy) is 1. The van der Waals surface area contributed by atoms with E-state index in [1.807, 2.05) is 13.8 Å². The fourth-order valence-electron chi connectivity index (χ4n) is 2.33. The summed E-state index contributed by atoms with van der Waals surface area (Å²) in [5, 5.41) is 3.95. The van der Waals surface area contributed by atoms with Crippen LogP contribution >= 0.6 is 0 Å². The van der Waals surface area contributed by atoms with Crippen molar-refractivity contribution >= 4 is 10.0 Å². The molecule has 1 aromatic heterocycles. The molecule has 1 N–H and O–H groups in total. The second kappa shape index (κ2) is 7.36. The van der Waals surface area contributed by atoms with E-state index in [1.165, 1.54) is 7.11 Å². The van der Waals surface area contributed by atoms with Crippen molar-refractivity contribution < 1.29 is 17.7 Å². The lowest BCUT2D eigenvalue weighted by Crippen LogP contribution is -2.23. The number of hydrogen-bond acceptors (Lipinski definition) is 5. The molecule has 0 saturated heterocycles. The molecule has 0 saturated carbocycles. The summed E-state index contributed by atoms with van der Waals surface area (Å²) >= 11 is 0. The highest BCUT2D eigenvalue weighted by Crippen LogP contribution is 2.27. The fraction of sp³-hybridized carbons (Fsp3) is 0.471. The van der Waals surface area contributed by atoms with Gasteiger partial charge in [-0.3, -0.25) is 0 Å². The molecule has 0 aliphatic carbocycles. The second-order valence-corrected chi connectivity index (χ2v) is 8.03. The Labute approximate surface area is 143 Å². The molecule has 0 amide bonds. The van der Waals surface area contributed by atoms with Crippen molar-refractivity contribution in [1.82, 2.24) is 9.88 Å². The highest BCUT2D eigenvalue weighted by Gasteiger charge is 2.21. The van der Waals surface area contributed by atoms with E-state index in [1.54, 1.807) is 18.2 Å². The molecule has 1 heterocycles. The predicted molar refractivity (Wildman–Crippen MR) is 91.5 cm³/mol. The molecule has 24 heavy (non-hydrogen) atoms. The van der Waals surface area contributed by atoms with Crippen LogP contribution in [0.1, 0.15) is 36.4 Å². The zero-order valence-corrected chi connectivity index (χ0v) is 15.5. The molecule has 0 spiro atoms. The number of nitrogens with zero attached hydrogens (tertiary/aromatic N) is 1. The van der Waals surface area contributed by atoms with Crippen LogP contribution in [0.25, 0.3) is 0 Å². The third-order valence-electron chi connectivity index (χ3n) is 3.73. The molecule has 0 aliphatic heterocycles. The van der Waals surface area contributed by atoms with Crippen molar-refractivity contribution in [3.8, 4) is 5.75 Å². The largest absolute Gasteiger partial charge is 0.495 e. The average Bonchev–Trinajstić information content (AvgIpc) is 2.94. The van der Waals surface area contributed by atoms with E-state index in [9.17, 15) is 8.42 Å². The zero-order valence-electron chi connectivity index (χ0n) is 14.7. The molecule has 2 rings (SSSR count). The van der Waals surface area contributed by atoms with Crippen LogP contribution in [0.15, 0.2) is 27.6 Å². The van der Waals surface area contributed by atoms with Crippen molar-refractivity contribution in [2.75, 3.05) is 7.11 Å². The van der Waals surface area contributed by atoms with Crippen LogP contribution in [-0.4, -0.2) is 20.7 Å². The van der Waals surface area contributed by atoms with Crippen molar-refractivity contribution in [2.24, 2.45) is 5.92 Å². The van der Waals surface area contributed by atoms with E-state index in [0.29, 0.717) is 17.4 Å². The third kappa shape index (κ3) is 4.36. The van der Waals surface area contributed by atoms with Gasteiger partial charge in [-0.2, -0.15) is 0 Å². The van der Waals surface area contributed by atoms with Crippen LogP contribution in [0.3, 0.4) is 0 Å². The topological polar surface area (TPSA) is 81.4 Å². The quantitative estimate of drug-likeness (QED) is 0.828. The highest BCUT2D eigenvalue weighted by atomic mass is 32.2. The molecule has 0 bridgehead atoms. The smallest absolute Gasteiger partial charge is 0.244 e. The van der Waals surface area contributed by atoms with Crippen LogP contribution in [0, 0.1) is 19.8 Å². The molecule has 7 heteroatoms. The maximum atomic E-state index is 12.6. The van der Waals surface area contributed by atoms with E-state index in [-0.39, 0.29) is 11.4 Å². The first kappa shape index (κ1) is 18.5. The molecule has 132 valence electrons. The summed E-state index contributed by atoms with van der Waals surface area (Å²) in [5.41, 5.74) is 2.68. The minimum absolute atomic E-state index is 0.0451. The summed E-state index contributed by atoms with van der Waals surface area (Å²) in [6.07, 6.45) is 0.793. The number of benzene rings is 1. The van der Waals surface area contributed by atoms with Gasteiger partial charge in [0.05, 0.1) is 19.3 Å². The molecule has 0 aliphatic rings. The standard InChI is InChI=1S/C17H24N2O4S/c1-11(2)6-14-9-15(23-19-14)10-18-24(20,21)17-8-13(4)12(3)7-16(17)22-5/h7-9,11,18H,6,10H2,1-5H3. The first-order valence-corrected chi connectivity index (χ1v) is 9.30. The second-order valence-electron chi connectivity index (χ2n) is 6.29. The Bertz CT molecular complexity index is 810. The maximum absolute atomic E-state index is 12.6. The van der Waals surface area contributed by atoms with Gasteiger partial charge in [-0.05, 0) is 49.4 Å². The van der Waals surface area contributed by atoms with Crippen LogP contribution in [0.2, 0.25) is 0 Å². The minimum Gasteiger partial charge on any atom is -0.495 e. The number of methoxy groups -OCH3 is 1. The predicted octanol–water partition coefficient (Wildman–Crippen LogP) is 2.98. The number of aryl methyl sites for hydroxylation is 2. The highest BCUT2D eigenvalue weighted by molar-refractivity contribution is 7.89. The van der Waals surface area contributed by atoms with E-state index >= 15 is 0 Å². The third-order valence-corrected chi connectivity index (χ3v) is 5.15. The van der Waals surface area contributed by atoms with Gasteiger partial charge in [-0.1, -0.05) is 19.0 Å². The molecule has 0 radical (unpaired) electrons. The monoisotopic (exact) mass is 352 g/mol. The van der Waals surface area contributed by atoms with E-state index in [2.05, 4.69) is 23.7 Å². The number of nitrogens with one attached hydrogen (secondary N) is 1. The fourth-order valence-corrected chi connectivity index (χ4v) is 3.56. The Balaban J connectivity index is 2.17. The zero-order chi connectivity index (χ0) is 17.9. The molecule has 2 aromatic rings. The number of sulfonamides is 1. The van der Waals surface area contributed by atoms with Gasteiger partial charge >= 0.3 is 0 Å². The SMILES string of the molecule is COc1cc(C)c(C)cc1S(=O)(=O)NCc1cc(CC(C)C)no1. The molecule has 0 unspecified atom stereocenters. The van der Waals surface area contributed by atoms with Gasteiger partial charge in [-0.15, -0.1) is 0 Å². The molecule has 1 aromatic carbocycles.